The van der Waals surface area contributed by atoms with Gasteiger partial charge >= 0.3 is 0 Å². The molecule has 3 N–H and O–H groups in total. The Morgan fingerprint density at radius 2 is 1.83 bits per heavy atom. The van der Waals surface area contributed by atoms with Gasteiger partial charge in [-0.2, -0.15) is 0 Å². The van der Waals surface area contributed by atoms with Crippen LogP contribution in [0.25, 0.3) is 16.8 Å². The standard InChI is InChI=1S/C31H35N7O3/c1-19-3-4-24(18-38(19)26(39)12-16-41-2)30-36-27(28-29(32)34-14-15-37(28)30)21-7-9-22(10-8-21)31(40)35-25-17-23(11-13-33-25)20-5-6-20/h7-11,13-15,17,19-20,24H,3-6,12,16,18H2,1-2H3,(H2,32,34)(H,33,35,40)/t19-,24+/m0/s1. The fraction of sp³-hybridized carbons (Fsp3) is 0.387. The SMILES string of the molecule is COCCC(=O)N1C[C@H](c2nc(-c3ccc(C(=O)Nc4cc(C5CC5)ccn4)cc3)c3c(N)nccn23)CC[C@@H]1C. The highest BCUT2D eigenvalue weighted by molar-refractivity contribution is 6.04. The predicted molar refractivity (Wildman–Crippen MR) is 157 cm³/mol. The minimum absolute atomic E-state index is 0.0460. The van der Waals surface area contributed by atoms with Crippen LogP contribution in [-0.2, 0) is 9.53 Å². The van der Waals surface area contributed by atoms with Crippen LogP contribution in [0, 0.1) is 0 Å². The number of likely N-dealkylation sites (tertiary alicyclic amines) is 1. The predicted octanol–water partition coefficient (Wildman–Crippen LogP) is 4.63. The van der Waals surface area contributed by atoms with Gasteiger partial charge in [-0.1, -0.05) is 12.1 Å². The molecule has 6 rings (SSSR count). The van der Waals surface area contributed by atoms with E-state index in [2.05, 4.69) is 22.2 Å². The van der Waals surface area contributed by atoms with E-state index in [0.29, 0.717) is 48.4 Å². The maximum Gasteiger partial charge on any atom is 0.256 e. The van der Waals surface area contributed by atoms with Crippen molar-refractivity contribution in [2.75, 3.05) is 31.3 Å². The number of aromatic nitrogens is 4. The van der Waals surface area contributed by atoms with Crippen LogP contribution in [0.4, 0.5) is 11.6 Å². The van der Waals surface area contributed by atoms with E-state index < -0.39 is 0 Å². The number of hydrogen-bond donors (Lipinski definition) is 2. The Balaban J connectivity index is 1.26. The summed E-state index contributed by atoms with van der Waals surface area (Å²) in [6, 6.07) is 11.5. The zero-order chi connectivity index (χ0) is 28.5. The highest BCUT2D eigenvalue weighted by atomic mass is 16.5. The van der Waals surface area contributed by atoms with Gasteiger partial charge in [0.05, 0.1) is 13.0 Å². The summed E-state index contributed by atoms with van der Waals surface area (Å²) < 4.78 is 7.12. The molecule has 0 unspecified atom stereocenters. The first-order valence-electron chi connectivity index (χ1n) is 14.2. The highest BCUT2D eigenvalue weighted by Crippen LogP contribution is 2.40. The summed E-state index contributed by atoms with van der Waals surface area (Å²) in [6.45, 7) is 3.08. The van der Waals surface area contributed by atoms with Crippen molar-refractivity contribution < 1.29 is 14.3 Å². The summed E-state index contributed by atoms with van der Waals surface area (Å²) >= 11 is 0. The molecule has 4 heterocycles. The fourth-order valence-electron chi connectivity index (χ4n) is 5.73. The summed E-state index contributed by atoms with van der Waals surface area (Å²) in [4.78, 5) is 41.5. The number of rotatable bonds is 8. The van der Waals surface area contributed by atoms with Crippen LogP contribution >= 0.6 is 0 Å². The molecule has 1 aromatic carbocycles. The number of nitrogens with one attached hydrogen (secondary N) is 1. The second kappa shape index (κ2) is 11.3. The number of ether oxygens (including phenoxy) is 1. The van der Waals surface area contributed by atoms with Gasteiger partial charge in [-0.3, -0.25) is 14.0 Å². The van der Waals surface area contributed by atoms with Gasteiger partial charge < -0.3 is 20.7 Å². The molecule has 1 saturated carbocycles. The van der Waals surface area contributed by atoms with Crippen LogP contribution in [0.1, 0.15) is 72.6 Å². The largest absolute Gasteiger partial charge is 0.384 e. The average molecular weight is 554 g/mol. The monoisotopic (exact) mass is 553 g/mol. The number of anilines is 2. The normalized spacial score (nSPS) is 18.9. The van der Waals surface area contributed by atoms with Crippen molar-refractivity contribution in [2.45, 2.75) is 56.9 Å². The number of piperidine rings is 1. The molecule has 2 aliphatic rings. The van der Waals surface area contributed by atoms with Gasteiger partial charge in [-0.05, 0) is 68.4 Å². The molecule has 41 heavy (non-hydrogen) atoms. The molecule has 2 amide bonds. The van der Waals surface area contributed by atoms with E-state index in [1.54, 1.807) is 31.6 Å². The molecule has 4 aromatic rings. The van der Waals surface area contributed by atoms with Crippen molar-refractivity contribution in [3.63, 3.8) is 0 Å². The number of carbonyl (C=O) groups is 2. The van der Waals surface area contributed by atoms with E-state index in [1.165, 1.54) is 18.4 Å². The van der Waals surface area contributed by atoms with Crippen molar-refractivity contribution in [3.05, 3.63) is 71.9 Å². The van der Waals surface area contributed by atoms with Gasteiger partial charge in [0.2, 0.25) is 5.91 Å². The topological polar surface area (TPSA) is 128 Å². The maximum absolute atomic E-state index is 13.0. The quantitative estimate of drug-likeness (QED) is 0.325. The lowest BCUT2D eigenvalue weighted by Gasteiger charge is -2.37. The van der Waals surface area contributed by atoms with Gasteiger partial charge in [0, 0.05) is 55.3 Å². The van der Waals surface area contributed by atoms with Crippen LogP contribution in [0.5, 0.6) is 0 Å². The molecular weight excluding hydrogens is 518 g/mol. The molecular formula is C31H35N7O3. The number of hydrogen-bond acceptors (Lipinski definition) is 7. The van der Waals surface area contributed by atoms with Gasteiger partial charge in [0.1, 0.15) is 28.7 Å². The molecule has 0 radical (unpaired) electrons. The molecule has 10 nitrogen and oxygen atoms in total. The molecule has 2 fully saturated rings. The van der Waals surface area contributed by atoms with Crippen molar-refractivity contribution in [1.82, 2.24) is 24.3 Å². The number of imidazole rings is 1. The number of nitrogens with two attached hydrogens (primary N) is 1. The van der Waals surface area contributed by atoms with E-state index in [1.807, 2.05) is 39.8 Å². The summed E-state index contributed by atoms with van der Waals surface area (Å²) in [7, 11) is 1.61. The Morgan fingerprint density at radius 3 is 2.59 bits per heavy atom. The van der Waals surface area contributed by atoms with Crippen molar-refractivity contribution in [3.8, 4) is 11.3 Å². The fourth-order valence-corrected chi connectivity index (χ4v) is 5.73. The zero-order valence-corrected chi connectivity index (χ0v) is 23.4. The summed E-state index contributed by atoms with van der Waals surface area (Å²) in [5, 5.41) is 2.92. The number of nitrogens with zero attached hydrogens (tertiary/aromatic N) is 5. The Morgan fingerprint density at radius 1 is 1.05 bits per heavy atom. The maximum atomic E-state index is 13.0. The van der Waals surface area contributed by atoms with Gasteiger partial charge in [-0.15, -0.1) is 0 Å². The summed E-state index contributed by atoms with van der Waals surface area (Å²) in [5.41, 5.74) is 10.4. The molecule has 3 aromatic heterocycles. The molecule has 0 spiro atoms. The lowest BCUT2D eigenvalue weighted by atomic mass is 9.92. The number of nitrogen functional groups attached to an aromatic ring is 1. The second-order valence-corrected chi connectivity index (χ2v) is 11.0. The van der Waals surface area contributed by atoms with Crippen molar-refractivity contribution >= 4 is 29.0 Å². The van der Waals surface area contributed by atoms with Gasteiger partial charge in [0.15, 0.2) is 0 Å². The lowest BCUT2D eigenvalue weighted by Crippen LogP contribution is -2.45. The van der Waals surface area contributed by atoms with Crippen LogP contribution < -0.4 is 11.1 Å². The number of methoxy groups -OCH3 is 1. The van der Waals surface area contributed by atoms with Gasteiger partial charge in [-0.25, -0.2) is 15.0 Å². The first kappa shape index (κ1) is 26.9. The van der Waals surface area contributed by atoms with Crippen LogP contribution in [0.15, 0.2) is 55.0 Å². The average Bonchev–Trinajstić information content (AvgIpc) is 3.77. The number of fused-ring (bicyclic) bond motifs is 1. The van der Waals surface area contributed by atoms with Crippen molar-refractivity contribution in [2.24, 2.45) is 0 Å². The Labute approximate surface area is 239 Å². The third-order valence-electron chi connectivity index (χ3n) is 8.19. The first-order valence-corrected chi connectivity index (χ1v) is 14.2. The summed E-state index contributed by atoms with van der Waals surface area (Å²) in [6.07, 6.45) is 9.82. The smallest absolute Gasteiger partial charge is 0.256 e. The Bertz CT molecular complexity index is 1580. The molecule has 2 atom stereocenters. The van der Waals surface area contributed by atoms with E-state index in [4.69, 9.17) is 15.5 Å². The summed E-state index contributed by atoms with van der Waals surface area (Å²) in [5.74, 6) is 2.29. The zero-order valence-electron chi connectivity index (χ0n) is 23.4. The molecule has 0 bridgehead atoms. The minimum atomic E-state index is -0.219. The number of benzene rings is 1. The second-order valence-electron chi connectivity index (χ2n) is 11.0. The number of pyridine rings is 1. The van der Waals surface area contributed by atoms with E-state index in [0.717, 1.165) is 29.7 Å². The van der Waals surface area contributed by atoms with E-state index in [9.17, 15) is 9.59 Å². The molecule has 1 aliphatic carbocycles. The van der Waals surface area contributed by atoms with Gasteiger partial charge in [0.25, 0.3) is 5.91 Å². The van der Waals surface area contributed by atoms with Crippen molar-refractivity contribution in [1.29, 1.82) is 0 Å². The third-order valence-corrected chi connectivity index (χ3v) is 8.19. The van der Waals surface area contributed by atoms with E-state index >= 15 is 0 Å². The minimum Gasteiger partial charge on any atom is -0.384 e. The molecule has 1 aliphatic heterocycles. The van der Waals surface area contributed by atoms with Crippen LogP contribution in [-0.4, -0.2) is 62.4 Å². The first-order chi connectivity index (χ1) is 19.9. The Hall–Kier alpha value is -4.31. The molecule has 1 saturated heterocycles. The van der Waals surface area contributed by atoms with Crippen LogP contribution in [0.3, 0.4) is 0 Å². The number of amides is 2. The third kappa shape index (κ3) is 5.52. The highest BCUT2D eigenvalue weighted by Gasteiger charge is 2.32. The van der Waals surface area contributed by atoms with E-state index in [-0.39, 0.29) is 23.8 Å². The lowest BCUT2D eigenvalue weighted by molar-refractivity contribution is -0.135. The van der Waals surface area contributed by atoms with Crippen LogP contribution in [0.2, 0.25) is 0 Å². The Kier molecular flexibility index (Phi) is 7.40. The molecule has 212 valence electrons. The number of carbonyl (C=O) groups excluding carboxylic acids is 2. The molecule has 10 heteroatoms.